The van der Waals surface area contributed by atoms with Gasteiger partial charge >= 0.3 is 0 Å². The minimum Gasteiger partial charge on any atom is -0.350 e. The van der Waals surface area contributed by atoms with Crippen molar-refractivity contribution in [3.05, 3.63) is 36.7 Å². The van der Waals surface area contributed by atoms with Crippen molar-refractivity contribution < 1.29 is 9.47 Å². The Balaban J connectivity index is 1.53. The van der Waals surface area contributed by atoms with Crippen LogP contribution < -0.4 is 0 Å². The highest BCUT2D eigenvalue weighted by atomic mass is 32.2. The molecule has 8 heteroatoms. The lowest BCUT2D eigenvalue weighted by molar-refractivity contribution is -0.0421. The molecule has 1 aliphatic rings. The number of hydrogen-bond acceptors (Lipinski definition) is 7. The van der Waals surface area contributed by atoms with E-state index >= 15 is 0 Å². The summed E-state index contributed by atoms with van der Waals surface area (Å²) in [4.78, 5) is 4.13. The highest BCUT2D eigenvalue weighted by molar-refractivity contribution is 7.99. The number of ether oxygens (including phenoxy) is 2. The number of pyridine rings is 1. The second-order valence-electron chi connectivity index (χ2n) is 5.02. The third-order valence-corrected chi connectivity index (χ3v) is 4.42. The molecule has 3 aromatic rings. The lowest BCUT2D eigenvalue weighted by Gasteiger charge is -2.07. The maximum absolute atomic E-state index is 5.44. The van der Waals surface area contributed by atoms with E-state index in [4.69, 9.17) is 9.47 Å². The fourth-order valence-electron chi connectivity index (χ4n) is 2.35. The van der Waals surface area contributed by atoms with Crippen LogP contribution in [0.25, 0.3) is 16.9 Å². The lowest BCUT2D eigenvalue weighted by Crippen LogP contribution is -2.08. The van der Waals surface area contributed by atoms with Gasteiger partial charge in [0.05, 0.1) is 18.9 Å². The zero-order valence-corrected chi connectivity index (χ0v) is 13.1. The quantitative estimate of drug-likeness (QED) is 0.663. The number of fused-ring (bicyclic) bond motifs is 1. The van der Waals surface area contributed by atoms with Gasteiger partial charge in [-0.1, -0.05) is 11.8 Å². The Bertz CT molecular complexity index is 789. The van der Waals surface area contributed by atoms with Crippen LogP contribution in [-0.2, 0) is 9.47 Å². The van der Waals surface area contributed by atoms with Gasteiger partial charge in [0.1, 0.15) is 0 Å². The largest absolute Gasteiger partial charge is 0.350 e. The molecule has 4 heterocycles. The van der Waals surface area contributed by atoms with Gasteiger partial charge in [0.2, 0.25) is 5.16 Å². The predicted molar refractivity (Wildman–Crippen MR) is 85.0 cm³/mol. The zero-order valence-electron chi connectivity index (χ0n) is 12.3. The molecule has 7 nitrogen and oxygen atoms in total. The van der Waals surface area contributed by atoms with Crippen LogP contribution in [0.4, 0.5) is 0 Å². The molecule has 0 bridgehead atoms. The van der Waals surface area contributed by atoms with Gasteiger partial charge in [-0.25, -0.2) is 0 Å². The maximum atomic E-state index is 5.44. The second kappa shape index (κ2) is 6.61. The zero-order chi connectivity index (χ0) is 15.5. The molecule has 1 saturated heterocycles. The summed E-state index contributed by atoms with van der Waals surface area (Å²) in [6.07, 6.45) is 4.26. The van der Waals surface area contributed by atoms with E-state index in [9.17, 15) is 0 Å². The molecule has 0 amide bonds. The Morgan fingerprint density at radius 3 is 2.91 bits per heavy atom. The van der Waals surface area contributed by atoms with E-state index in [0.29, 0.717) is 13.2 Å². The van der Waals surface area contributed by atoms with Crippen LogP contribution in [0.1, 0.15) is 6.42 Å². The average molecular weight is 329 g/mol. The Morgan fingerprint density at radius 2 is 2.09 bits per heavy atom. The molecule has 0 atom stereocenters. The average Bonchev–Trinajstić information content (AvgIpc) is 3.25. The standard InChI is InChI=1S/C15H15N5O2S/c1-2-11(10-16-6-1)12-3-4-13-17-18-15(20(13)19-12)23-9-5-14-21-7-8-22-14/h1-4,6,10,14H,5,7-9H2. The van der Waals surface area contributed by atoms with Gasteiger partial charge < -0.3 is 9.47 Å². The van der Waals surface area contributed by atoms with Crippen LogP contribution in [0.2, 0.25) is 0 Å². The summed E-state index contributed by atoms with van der Waals surface area (Å²) in [5.41, 5.74) is 2.54. The molecular weight excluding hydrogens is 314 g/mol. The summed E-state index contributed by atoms with van der Waals surface area (Å²) in [7, 11) is 0. The smallest absolute Gasteiger partial charge is 0.212 e. The molecule has 0 radical (unpaired) electrons. The van der Waals surface area contributed by atoms with E-state index < -0.39 is 0 Å². The van der Waals surface area contributed by atoms with E-state index in [1.807, 2.05) is 24.3 Å². The van der Waals surface area contributed by atoms with Gasteiger partial charge in [-0.2, -0.15) is 9.61 Å². The molecule has 3 aromatic heterocycles. The number of rotatable bonds is 5. The van der Waals surface area contributed by atoms with E-state index in [1.54, 1.807) is 28.7 Å². The summed E-state index contributed by atoms with van der Waals surface area (Å²) in [6, 6.07) is 7.71. The highest BCUT2D eigenvalue weighted by Crippen LogP contribution is 2.21. The first-order chi connectivity index (χ1) is 11.4. The highest BCUT2D eigenvalue weighted by Gasteiger charge is 2.16. The first kappa shape index (κ1) is 14.6. The van der Waals surface area contributed by atoms with Crippen LogP contribution in [0.3, 0.4) is 0 Å². The third kappa shape index (κ3) is 3.19. The van der Waals surface area contributed by atoms with E-state index in [1.165, 1.54) is 0 Å². The Kier molecular flexibility index (Phi) is 4.18. The molecule has 0 aliphatic carbocycles. The number of hydrogen-bond donors (Lipinski definition) is 0. The molecule has 4 rings (SSSR count). The van der Waals surface area contributed by atoms with E-state index in [0.717, 1.165) is 34.2 Å². The molecule has 0 N–H and O–H groups in total. The van der Waals surface area contributed by atoms with Crippen LogP contribution in [0.5, 0.6) is 0 Å². The van der Waals surface area contributed by atoms with Crippen molar-refractivity contribution in [2.45, 2.75) is 17.9 Å². The van der Waals surface area contributed by atoms with E-state index in [-0.39, 0.29) is 6.29 Å². The van der Waals surface area contributed by atoms with Crippen molar-refractivity contribution in [3.63, 3.8) is 0 Å². The number of aromatic nitrogens is 5. The Labute approximate surface area is 137 Å². The maximum Gasteiger partial charge on any atom is 0.212 e. The third-order valence-electron chi connectivity index (χ3n) is 3.47. The number of nitrogens with zero attached hydrogens (tertiary/aromatic N) is 5. The normalized spacial score (nSPS) is 15.5. The number of thioether (sulfide) groups is 1. The fraction of sp³-hybridized carbons (Fsp3) is 0.333. The van der Waals surface area contributed by atoms with Crippen LogP contribution in [0.15, 0.2) is 41.8 Å². The summed E-state index contributed by atoms with van der Waals surface area (Å²) >= 11 is 1.60. The molecule has 1 fully saturated rings. The molecule has 23 heavy (non-hydrogen) atoms. The molecule has 0 saturated carbocycles. The van der Waals surface area contributed by atoms with Gasteiger partial charge in [-0.05, 0) is 24.3 Å². The van der Waals surface area contributed by atoms with Gasteiger partial charge in [0, 0.05) is 30.1 Å². The van der Waals surface area contributed by atoms with Crippen molar-refractivity contribution in [2.24, 2.45) is 0 Å². The summed E-state index contributed by atoms with van der Waals surface area (Å²) in [5.74, 6) is 0.838. The molecule has 0 aromatic carbocycles. The van der Waals surface area contributed by atoms with Crippen LogP contribution >= 0.6 is 11.8 Å². The summed E-state index contributed by atoms with van der Waals surface area (Å²) in [5, 5.41) is 13.8. The fourth-order valence-corrected chi connectivity index (χ4v) is 3.20. The first-order valence-corrected chi connectivity index (χ1v) is 8.37. The Hall–Kier alpha value is -2.03. The van der Waals surface area contributed by atoms with Crippen molar-refractivity contribution in [1.82, 2.24) is 24.8 Å². The molecule has 118 valence electrons. The van der Waals surface area contributed by atoms with Crippen molar-refractivity contribution in [3.8, 4) is 11.3 Å². The molecule has 1 aliphatic heterocycles. The minimum absolute atomic E-state index is 0.0967. The topological polar surface area (TPSA) is 74.4 Å². The van der Waals surface area contributed by atoms with Gasteiger partial charge in [0.25, 0.3) is 0 Å². The minimum atomic E-state index is -0.0967. The molecular formula is C15H15N5O2S. The predicted octanol–water partition coefficient (Wildman–Crippen LogP) is 2.04. The van der Waals surface area contributed by atoms with E-state index in [2.05, 4.69) is 20.3 Å². The van der Waals surface area contributed by atoms with Crippen LogP contribution in [0, 0.1) is 0 Å². The monoisotopic (exact) mass is 329 g/mol. The lowest BCUT2D eigenvalue weighted by atomic mass is 10.2. The summed E-state index contributed by atoms with van der Waals surface area (Å²) in [6.45, 7) is 1.36. The van der Waals surface area contributed by atoms with Gasteiger partial charge in [-0.3, -0.25) is 4.98 Å². The second-order valence-corrected chi connectivity index (χ2v) is 6.08. The summed E-state index contributed by atoms with van der Waals surface area (Å²) < 4.78 is 12.6. The molecule has 0 unspecified atom stereocenters. The van der Waals surface area contributed by atoms with Gasteiger partial charge in [-0.15, -0.1) is 10.2 Å². The van der Waals surface area contributed by atoms with Crippen molar-refractivity contribution >= 4 is 17.4 Å². The van der Waals surface area contributed by atoms with Crippen molar-refractivity contribution in [2.75, 3.05) is 19.0 Å². The molecule has 0 spiro atoms. The van der Waals surface area contributed by atoms with Gasteiger partial charge in [0.15, 0.2) is 11.9 Å². The SMILES string of the molecule is c1cncc(-c2ccc3nnc(SCCC4OCCO4)n3n2)c1. The van der Waals surface area contributed by atoms with Crippen molar-refractivity contribution in [1.29, 1.82) is 0 Å². The first-order valence-electron chi connectivity index (χ1n) is 7.39. The van der Waals surface area contributed by atoms with Crippen LogP contribution in [-0.4, -0.2) is 50.1 Å². The Morgan fingerprint density at radius 1 is 1.17 bits per heavy atom.